The lowest BCUT2D eigenvalue weighted by atomic mass is 10.2. The first-order chi connectivity index (χ1) is 7.29. The Hall–Kier alpha value is -0.780. The molecule has 0 aliphatic rings. The first kappa shape index (κ1) is 10.7. The largest absolute Gasteiger partial charge is 0.327 e. The van der Waals surface area contributed by atoms with Gasteiger partial charge in [0.15, 0.2) is 0 Å². The van der Waals surface area contributed by atoms with Gasteiger partial charge in [-0.25, -0.2) is 9.97 Å². The van der Waals surface area contributed by atoms with Crippen LogP contribution in [0.15, 0.2) is 17.0 Å². The summed E-state index contributed by atoms with van der Waals surface area (Å²) in [5.41, 5.74) is 6.87. The standard InChI is InChI=1S/C10H13N3S2/c1-2-7(11)5-9-13-8(6-15-9)10-12-3-4-14-10/h3-4,6-7H,2,5,11H2,1H3. The number of hydrogen-bond donors (Lipinski definition) is 1. The number of nitrogens with two attached hydrogens (primary N) is 1. The van der Waals surface area contributed by atoms with Gasteiger partial charge in [-0.15, -0.1) is 22.7 Å². The van der Waals surface area contributed by atoms with E-state index < -0.39 is 0 Å². The normalized spacial score (nSPS) is 12.9. The third kappa shape index (κ3) is 2.62. The minimum Gasteiger partial charge on any atom is -0.327 e. The van der Waals surface area contributed by atoms with E-state index in [1.54, 1.807) is 28.9 Å². The van der Waals surface area contributed by atoms with Crippen molar-refractivity contribution in [3.63, 3.8) is 0 Å². The van der Waals surface area contributed by atoms with Crippen molar-refractivity contribution in [2.45, 2.75) is 25.8 Å². The van der Waals surface area contributed by atoms with E-state index >= 15 is 0 Å². The first-order valence-corrected chi connectivity index (χ1v) is 6.65. The van der Waals surface area contributed by atoms with Crippen molar-refractivity contribution >= 4 is 22.7 Å². The molecule has 5 heteroatoms. The molecule has 0 bridgehead atoms. The fraction of sp³-hybridized carbons (Fsp3) is 0.400. The van der Waals surface area contributed by atoms with E-state index in [1.165, 1.54) is 0 Å². The predicted molar refractivity (Wildman–Crippen MR) is 65.2 cm³/mol. The number of thiazole rings is 2. The van der Waals surface area contributed by atoms with E-state index in [1.807, 2.05) is 5.38 Å². The van der Waals surface area contributed by atoms with E-state index in [0.29, 0.717) is 0 Å². The van der Waals surface area contributed by atoms with Crippen LogP contribution in [0.2, 0.25) is 0 Å². The zero-order valence-corrected chi connectivity index (χ0v) is 10.1. The van der Waals surface area contributed by atoms with Crippen LogP contribution in [-0.2, 0) is 6.42 Å². The second-order valence-corrected chi connectivity index (χ2v) is 5.17. The molecule has 0 aliphatic carbocycles. The van der Waals surface area contributed by atoms with Crippen molar-refractivity contribution in [1.29, 1.82) is 0 Å². The summed E-state index contributed by atoms with van der Waals surface area (Å²) >= 11 is 3.28. The van der Waals surface area contributed by atoms with Gasteiger partial charge in [0.05, 0.1) is 5.01 Å². The summed E-state index contributed by atoms with van der Waals surface area (Å²) in [6.45, 7) is 2.10. The lowest BCUT2D eigenvalue weighted by molar-refractivity contribution is 0.644. The molecule has 0 saturated carbocycles. The second-order valence-electron chi connectivity index (χ2n) is 3.34. The minimum atomic E-state index is 0.222. The maximum Gasteiger partial charge on any atom is 0.142 e. The Balaban J connectivity index is 2.11. The van der Waals surface area contributed by atoms with Crippen molar-refractivity contribution in [3.8, 4) is 10.7 Å². The van der Waals surface area contributed by atoms with Gasteiger partial charge in [-0.05, 0) is 6.42 Å². The Kier molecular flexibility index (Phi) is 3.45. The summed E-state index contributed by atoms with van der Waals surface area (Å²) in [6, 6.07) is 0.222. The van der Waals surface area contributed by atoms with Gasteiger partial charge in [-0.2, -0.15) is 0 Å². The fourth-order valence-electron chi connectivity index (χ4n) is 1.22. The molecule has 2 N–H and O–H groups in total. The van der Waals surface area contributed by atoms with E-state index in [0.717, 1.165) is 28.6 Å². The van der Waals surface area contributed by atoms with Gasteiger partial charge in [0, 0.05) is 29.4 Å². The van der Waals surface area contributed by atoms with E-state index in [2.05, 4.69) is 22.3 Å². The SMILES string of the molecule is CCC(N)Cc1nc(-c2nccs2)cs1. The Morgan fingerprint density at radius 1 is 1.47 bits per heavy atom. The van der Waals surface area contributed by atoms with Crippen molar-refractivity contribution in [1.82, 2.24) is 9.97 Å². The molecule has 3 nitrogen and oxygen atoms in total. The summed E-state index contributed by atoms with van der Waals surface area (Å²) in [7, 11) is 0. The second kappa shape index (κ2) is 4.83. The molecule has 15 heavy (non-hydrogen) atoms. The molecule has 2 aromatic heterocycles. The van der Waals surface area contributed by atoms with Gasteiger partial charge in [0.1, 0.15) is 10.7 Å². The Morgan fingerprint density at radius 2 is 2.33 bits per heavy atom. The average molecular weight is 239 g/mol. The molecule has 0 spiro atoms. The Bertz CT molecular complexity index is 408. The first-order valence-electron chi connectivity index (χ1n) is 4.89. The third-order valence-corrected chi connectivity index (χ3v) is 3.83. The Morgan fingerprint density at radius 3 is 3.00 bits per heavy atom. The number of nitrogens with zero attached hydrogens (tertiary/aromatic N) is 2. The predicted octanol–water partition coefficient (Wildman–Crippen LogP) is 2.55. The highest BCUT2D eigenvalue weighted by Crippen LogP contribution is 2.24. The average Bonchev–Trinajstić information content (AvgIpc) is 2.85. The summed E-state index contributed by atoms with van der Waals surface area (Å²) in [5.74, 6) is 0. The smallest absolute Gasteiger partial charge is 0.142 e. The van der Waals surface area contributed by atoms with Gasteiger partial charge < -0.3 is 5.73 Å². The van der Waals surface area contributed by atoms with Crippen LogP contribution in [0.1, 0.15) is 18.4 Å². The molecule has 0 fully saturated rings. The van der Waals surface area contributed by atoms with Gasteiger partial charge >= 0.3 is 0 Å². The van der Waals surface area contributed by atoms with Crippen LogP contribution in [0.25, 0.3) is 10.7 Å². The van der Waals surface area contributed by atoms with E-state index in [4.69, 9.17) is 5.73 Å². The highest BCUT2D eigenvalue weighted by atomic mass is 32.1. The van der Waals surface area contributed by atoms with Crippen LogP contribution < -0.4 is 5.73 Å². The van der Waals surface area contributed by atoms with Gasteiger partial charge in [0.2, 0.25) is 0 Å². The highest BCUT2D eigenvalue weighted by molar-refractivity contribution is 7.14. The number of aromatic nitrogens is 2. The van der Waals surface area contributed by atoms with E-state index in [9.17, 15) is 0 Å². The molecule has 0 radical (unpaired) electrons. The van der Waals surface area contributed by atoms with Crippen molar-refractivity contribution in [2.75, 3.05) is 0 Å². The monoisotopic (exact) mass is 239 g/mol. The van der Waals surface area contributed by atoms with Crippen molar-refractivity contribution in [2.24, 2.45) is 5.73 Å². The van der Waals surface area contributed by atoms with Crippen molar-refractivity contribution < 1.29 is 0 Å². The molecule has 80 valence electrons. The fourth-order valence-corrected chi connectivity index (χ4v) is 2.77. The minimum absolute atomic E-state index is 0.222. The summed E-state index contributed by atoms with van der Waals surface area (Å²) in [4.78, 5) is 8.76. The molecular weight excluding hydrogens is 226 g/mol. The molecule has 1 atom stereocenters. The lowest BCUT2D eigenvalue weighted by Gasteiger charge is -2.04. The third-order valence-electron chi connectivity index (χ3n) is 2.16. The number of hydrogen-bond acceptors (Lipinski definition) is 5. The van der Waals surface area contributed by atoms with Crippen LogP contribution in [0.5, 0.6) is 0 Å². The molecule has 2 heterocycles. The van der Waals surface area contributed by atoms with Gasteiger partial charge in [0.25, 0.3) is 0 Å². The molecule has 2 rings (SSSR count). The lowest BCUT2D eigenvalue weighted by Crippen LogP contribution is -2.21. The van der Waals surface area contributed by atoms with Crippen LogP contribution >= 0.6 is 22.7 Å². The van der Waals surface area contributed by atoms with E-state index in [-0.39, 0.29) is 6.04 Å². The van der Waals surface area contributed by atoms with Crippen LogP contribution in [0.4, 0.5) is 0 Å². The van der Waals surface area contributed by atoms with Crippen molar-refractivity contribution in [3.05, 3.63) is 22.0 Å². The maximum absolute atomic E-state index is 5.89. The Labute approximate surface area is 97.0 Å². The molecule has 1 unspecified atom stereocenters. The molecule has 0 saturated heterocycles. The molecule has 2 aromatic rings. The molecule has 0 aliphatic heterocycles. The van der Waals surface area contributed by atoms with Crippen LogP contribution in [0.3, 0.4) is 0 Å². The maximum atomic E-state index is 5.89. The molecule has 0 aromatic carbocycles. The summed E-state index contributed by atoms with van der Waals surface area (Å²) in [5, 5.41) is 6.11. The zero-order valence-electron chi connectivity index (χ0n) is 8.51. The number of rotatable bonds is 4. The van der Waals surface area contributed by atoms with Crippen LogP contribution in [0, 0.1) is 0 Å². The summed E-state index contributed by atoms with van der Waals surface area (Å²) < 4.78 is 0. The quantitative estimate of drug-likeness (QED) is 0.892. The van der Waals surface area contributed by atoms with Gasteiger partial charge in [-0.3, -0.25) is 0 Å². The van der Waals surface area contributed by atoms with Crippen LogP contribution in [-0.4, -0.2) is 16.0 Å². The topological polar surface area (TPSA) is 51.8 Å². The zero-order chi connectivity index (χ0) is 10.7. The molecular formula is C10H13N3S2. The highest BCUT2D eigenvalue weighted by Gasteiger charge is 2.08. The summed E-state index contributed by atoms with van der Waals surface area (Å²) in [6.07, 6.45) is 3.66. The molecule has 0 amide bonds. The van der Waals surface area contributed by atoms with Gasteiger partial charge in [-0.1, -0.05) is 6.92 Å².